The van der Waals surface area contributed by atoms with E-state index in [2.05, 4.69) is 36.8 Å². The molecule has 2 aliphatic heterocycles. The first-order chi connectivity index (χ1) is 13.9. The smallest absolute Gasteiger partial charge is 0.187 e. The largest absolute Gasteiger partial charge is 0.490 e. The minimum atomic E-state index is -0.688. The Morgan fingerprint density at radius 2 is 1.86 bits per heavy atom. The average Bonchev–Trinajstić information content (AvgIpc) is 2.72. The van der Waals surface area contributed by atoms with Gasteiger partial charge in [-0.3, -0.25) is 4.79 Å². The molecule has 0 unspecified atom stereocenters. The van der Waals surface area contributed by atoms with E-state index in [9.17, 15) is 4.79 Å². The molecule has 0 amide bonds. The highest BCUT2D eigenvalue weighted by Gasteiger charge is 2.47. The number of hydrogen-bond acceptors (Lipinski definition) is 4. The lowest BCUT2D eigenvalue weighted by Crippen LogP contribution is -2.53. The summed E-state index contributed by atoms with van der Waals surface area (Å²) >= 11 is 14.9. The number of hydrogen-bond donors (Lipinski definition) is 0. The van der Waals surface area contributed by atoms with Crippen LogP contribution in [0.15, 0.2) is 44.2 Å². The van der Waals surface area contributed by atoms with Crippen molar-refractivity contribution < 1.29 is 9.53 Å². The number of Topliss-reactive ketones (excluding diaryl/α,β-unsaturated/α-hetero) is 1. The fourth-order valence-corrected chi connectivity index (χ4v) is 6.59. The van der Waals surface area contributed by atoms with Crippen LogP contribution < -0.4 is 4.74 Å². The first-order valence-electron chi connectivity index (χ1n) is 9.73. The maximum atomic E-state index is 13.9. The van der Waals surface area contributed by atoms with Gasteiger partial charge in [0.2, 0.25) is 0 Å². The number of halogens is 3. The molecule has 0 N–H and O–H groups in total. The summed E-state index contributed by atoms with van der Waals surface area (Å²) in [6.07, 6.45) is 3.63. The lowest BCUT2D eigenvalue weighted by Gasteiger charge is -2.41. The van der Waals surface area contributed by atoms with E-state index in [1.807, 2.05) is 37.3 Å². The number of likely N-dealkylation sites (tertiary alicyclic amines) is 1. The van der Waals surface area contributed by atoms with Gasteiger partial charge in [0.25, 0.3) is 0 Å². The molecule has 4 rings (SSSR count). The molecule has 0 aromatic heterocycles. The van der Waals surface area contributed by atoms with Crippen molar-refractivity contribution >= 4 is 61.0 Å². The van der Waals surface area contributed by atoms with Gasteiger partial charge in [-0.15, -0.1) is 11.8 Å². The quantitative estimate of drug-likeness (QED) is 0.414. The van der Waals surface area contributed by atoms with Crippen LogP contribution in [0.2, 0.25) is 5.02 Å². The van der Waals surface area contributed by atoms with Crippen molar-refractivity contribution in [2.45, 2.75) is 35.8 Å². The van der Waals surface area contributed by atoms with Crippen molar-refractivity contribution in [3.8, 4) is 5.75 Å². The summed E-state index contributed by atoms with van der Waals surface area (Å²) in [5, 5.41) is 0.694. The second kappa shape index (κ2) is 8.91. The van der Waals surface area contributed by atoms with Crippen LogP contribution in [0.5, 0.6) is 5.75 Å². The number of thioether (sulfide) groups is 1. The lowest BCUT2D eigenvalue weighted by atomic mass is 9.92. The first-order valence-corrected chi connectivity index (χ1v) is 12.5. The number of carbonyl (C=O) groups excluding carboxylic acids is 1. The number of ketones is 1. The van der Waals surface area contributed by atoms with Gasteiger partial charge in [-0.2, -0.15) is 0 Å². The van der Waals surface area contributed by atoms with E-state index in [1.54, 1.807) is 11.8 Å². The van der Waals surface area contributed by atoms with E-state index in [-0.39, 0.29) is 5.78 Å². The van der Waals surface area contributed by atoms with Crippen LogP contribution in [0.3, 0.4) is 0 Å². The topological polar surface area (TPSA) is 29.5 Å². The Bertz CT molecular complexity index is 931. The van der Waals surface area contributed by atoms with Gasteiger partial charge in [0.05, 0.1) is 10.0 Å². The zero-order valence-corrected chi connectivity index (χ0v) is 20.9. The molecule has 1 atom stereocenters. The van der Waals surface area contributed by atoms with Gasteiger partial charge in [0.1, 0.15) is 17.1 Å². The number of nitrogens with zero attached hydrogens (tertiary/aromatic N) is 1. The van der Waals surface area contributed by atoms with Gasteiger partial charge in [0.15, 0.2) is 5.78 Å². The molecule has 2 heterocycles. The first kappa shape index (κ1) is 21.7. The minimum Gasteiger partial charge on any atom is -0.490 e. The summed E-state index contributed by atoms with van der Waals surface area (Å²) in [6.45, 7) is 5.10. The molecule has 2 aromatic carbocycles. The molecule has 0 bridgehead atoms. The van der Waals surface area contributed by atoms with Gasteiger partial charge in [-0.1, -0.05) is 34.0 Å². The Labute approximate surface area is 197 Å². The summed E-state index contributed by atoms with van der Waals surface area (Å²) in [5.41, 5.74) is 1.67. The van der Waals surface area contributed by atoms with Crippen LogP contribution in [0.4, 0.5) is 0 Å². The van der Waals surface area contributed by atoms with Crippen molar-refractivity contribution in [3.05, 3.63) is 55.4 Å². The highest BCUT2D eigenvalue weighted by Crippen LogP contribution is 2.47. The third-order valence-corrected chi connectivity index (χ3v) is 8.93. The summed E-state index contributed by atoms with van der Waals surface area (Å²) < 4.78 is 7.32. The Kier molecular flexibility index (Phi) is 6.67. The maximum absolute atomic E-state index is 13.9. The molecular formula is C22H22Br2ClNO2S. The number of benzene rings is 2. The van der Waals surface area contributed by atoms with Crippen molar-refractivity contribution in [1.82, 2.24) is 4.90 Å². The van der Waals surface area contributed by atoms with E-state index in [0.29, 0.717) is 29.5 Å². The Hall–Kier alpha value is -0.530. The van der Waals surface area contributed by atoms with Crippen molar-refractivity contribution in [2.24, 2.45) is 0 Å². The number of carbonyl (C=O) groups is 1. The van der Waals surface area contributed by atoms with Gasteiger partial charge >= 0.3 is 0 Å². The van der Waals surface area contributed by atoms with Crippen molar-refractivity contribution in [3.63, 3.8) is 0 Å². The average molecular weight is 560 g/mol. The zero-order valence-electron chi connectivity index (χ0n) is 16.1. The Balaban J connectivity index is 1.73. The maximum Gasteiger partial charge on any atom is 0.187 e. The summed E-state index contributed by atoms with van der Waals surface area (Å²) in [7, 11) is 0. The monoisotopic (exact) mass is 557 g/mol. The van der Waals surface area contributed by atoms with Crippen molar-refractivity contribution in [2.75, 3.05) is 26.2 Å². The van der Waals surface area contributed by atoms with E-state index in [0.717, 1.165) is 32.5 Å². The minimum absolute atomic E-state index is 0.130. The normalized spacial score (nSPS) is 22.3. The summed E-state index contributed by atoms with van der Waals surface area (Å²) in [4.78, 5) is 17.3. The SMILES string of the molecule is Cc1c(Br)cc2c(c1Br)OC[C@](CN1CCCCC1)(Sc1ccc(Cl)cc1)C2=O. The van der Waals surface area contributed by atoms with E-state index < -0.39 is 4.75 Å². The molecule has 29 heavy (non-hydrogen) atoms. The standard InChI is InChI=1S/C22H22Br2ClNO2S/c1-14-18(23)11-17-20(19(14)24)28-13-22(21(17)27,12-26-9-3-2-4-10-26)29-16-7-5-15(25)6-8-16/h5-8,11H,2-4,9-10,12-13H2,1H3/t22-/m0/s1. The van der Waals surface area contributed by atoms with Gasteiger partial charge < -0.3 is 9.64 Å². The van der Waals surface area contributed by atoms with Crippen LogP contribution in [-0.4, -0.2) is 41.7 Å². The third-order valence-electron chi connectivity index (χ3n) is 5.57. The number of fused-ring (bicyclic) bond motifs is 1. The fraction of sp³-hybridized carbons (Fsp3) is 0.409. The molecule has 154 valence electrons. The molecule has 2 aliphatic rings. The predicted octanol–water partition coefficient (Wildman–Crippen LogP) is 6.77. The van der Waals surface area contributed by atoms with Gasteiger partial charge in [-0.05, 0) is 84.7 Å². The van der Waals surface area contributed by atoms with Gasteiger partial charge in [-0.25, -0.2) is 0 Å². The molecule has 2 aromatic rings. The Morgan fingerprint density at radius 1 is 1.17 bits per heavy atom. The number of ether oxygens (including phenoxy) is 1. The molecule has 0 aliphatic carbocycles. The summed E-state index contributed by atoms with van der Waals surface area (Å²) in [6, 6.07) is 9.61. The predicted molar refractivity (Wildman–Crippen MR) is 127 cm³/mol. The molecule has 0 spiro atoms. The van der Waals surface area contributed by atoms with E-state index in [1.165, 1.54) is 19.3 Å². The van der Waals surface area contributed by atoms with Crippen LogP contribution in [0.1, 0.15) is 35.2 Å². The molecule has 0 saturated carbocycles. The third kappa shape index (κ3) is 4.42. The summed E-state index contributed by atoms with van der Waals surface area (Å²) in [5.74, 6) is 0.785. The van der Waals surface area contributed by atoms with Crippen LogP contribution in [-0.2, 0) is 0 Å². The highest BCUT2D eigenvalue weighted by molar-refractivity contribution is 9.11. The molecular weight excluding hydrogens is 538 g/mol. The fourth-order valence-electron chi connectivity index (χ4n) is 3.94. The molecule has 1 saturated heterocycles. The van der Waals surface area contributed by atoms with E-state index in [4.69, 9.17) is 16.3 Å². The molecule has 7 heteroatoms. The zero-order chi connectivity index (χ0) is 20.6. The molecule has 0 radical (unpaired) electrons. The molecule has 1 fully saturated rings. The molecule has 3 nitrogen and oxygen atoms in total. The van der Waals surface area contributed by atoms with Crippen molar-refractivity contribution in [1.29, 1.82) is 0 Å². The van der Waals surface area contributed by atoms with Crippen LogP contribution in [0.25, 0.3) is 0 Å². The second-order valence-corrected chi connectivity index (χ2v) is 11.2. The number of piperidine rings is 1. The number of rotatable bonds is 4. The van der Waals surface area contributed by atoms with Crippen LogP contribution >= 0.6 is 55.2 Å². The second-order valence-electron chi connectivity index (χ2n) is 7.68. The van der Waals surface area contributed by atoms with Gasteiger partial charge in [0, 0.05) is 20.9 Å². The van der Waals surface area contributed by atoms with E-state index >= 15 is 0 Å². The Morgan fingerprint density at radius 3 is 2.55 bits per heavy atom. The highest BCUT2D eigenvalue weighted by atomic mass is 79.9. The van der Waals surface area contributed by atoms with Crippen LogP contribution in [0, 0.1) is 6.92 Å². The lowest BCUT2D eigenvalue weighted by molar-refractivity contribution is 0.0805.